The number of hydrogen-bond acceptors (Lipinski definition) is 5. The Morgan fingerprint density at radius 3 is 3.04 bits per heavy atom. The summed E-state index contributed by atoms with van der Waals surface area (Å²) in [6, 6.07) is 2.25. The van der Waals surface area contributed by atoms with Gasteiger partial charge in [-0.25, -0.2) is 9.97 Å². The SMILES string of the molecule is Cc1nc(Nc2cnn(CC(=O)NC3CCCC3)c2)c2cc[nH]c2n1. The molecule has 0 spiro atoms. The van der Waals surface area contributed by atoms with Crippen LogP contribution in [0.5, 0.6) is 0 Å². The van der Waals surface area contributed by atoms with Crippen molar-refractivity contribution in [2.24, 2.45) is 0 Å². The number of nitrogens with one attached hydrogen (secondary N) is 3. The maximum Gasteiger partial charge on any atom is 0.241 e. The van der Waals surface area contributed by atoms with Gasteiger partial charge in [0.1, 0.15) is 23.8 Å². The first-order valence-corrected chi connectivity index (χ1v) is 8.58. The Morgan fingerprint density at radius 1 is 1.36 bits per heavy atom. The lowest BCUT2D eigenvalue weighted by Crippen LogP contribution is -2.35. The van der Waals surface area contributed by atoms with Gasteiger partial charge in [-0.15, -0.1) is 0 Å². The average Bonchev–Trinajstić information content (AvgIpc) is 3.29. The van der Waals surface area contributed by atoms with Crippen LogP contribution in [0.2, 0.25) is 0 Å². The quantitative estimate of drug-likeness (QED) is 0.662. The maximum atomic E-state index is 12.1. The summed E-state index contributed by atoms with van der Waals surface area (Å²) < 4.78 is 1.63. The lowest BCUT2D eigenvalue weighted by Gasteiger charge is -2.11. The number of amides is 1. The van der Waals surface area contributed by atoms with Crippen LogP contribution in [0.3, 0.4) is 0 Å². The predicted octanol–water partition coefficient (Wildman–Crippen LogP) is 2.27. The second kappa shape index (κ2) is 6.54. The molecule has 1 fully saturated rings. The zero-order chi connectivity index (χ0) is 17.2. The first kappa shape index (κ1) is 15.6. The molecule has 1 amide bonds. The molecule has 3 N–H and O–H groups in total. The zero-order valence-corrected chi connectivity index (χ0v) is 14.1. The van der Waals surface area contributed by atoms with Crippen LogP contribution < -0.4 is 10.6 Å². The summed E-state index contributed by atoms with van der Waals surface area (Å²) in [7, 11) is 0. The third kappa shape index (κ3) is 3.47. The molecule has 0 unspecified atom stereocenters. The molecule has 0 bridgehead atoms. The molecule has 8 nitrogen and oxygen atoms in total. The second-order valence-corrected chi connectivity index (χ2v) is 6.46. The molecule has 0 atom stereocenters. The molecule has 1 aliphatic rings. The number of anilines is 2. The van der Waals surface area contributed by atoms with E-state index in [1.807, 2.05) is 25.4 Å². The highest BCUT2D eigenvalue weighted by molar-refractivity contribution is 5.88. The number of hydrogen-bond donors (Lipinski definition) is 3. The van der Waals surface area contributed by atoms with Crippen LogP contribution in [0.1, 0.15) is 31.5 Å². The summed E-state index contributed by atoms with van der Waals surface area (Å²) in [4.78, 5) is 24.0. The van der Waals surface area contributed by atoms with E-state index in [1.165, 1.54) is 12.8 Å². The van der Waals surface area contributed by atoms with Gasteiger partial charge in [-0.3, -0.25) is 9.48 Å². The molecular formula is C17H21N7O. The molecule has 4 rings (SSSR count). The van der Waals surface area contributed by atoms with Crippen molar-refractivity contribution >= 4 is 28.4 Å². The number of nitrogens with zero attached hydrogens (tertiary/aromatic N) is 4. The van der Waals surface area contributed by atoms with Crippen LogP contribution in [0.4, 0.5) is 11.5 Å². The third-order valence-electron chi connectivity index (χ3n) is 4.45. The first-order valence-electron chi connectivity index (χ1n) is 8.58. The number of aromatic nitrogens is 5. The van der Waals surface area contributed by atoms with E-state index in [0.29, 0.717) is 11.9 Å². The fourth-order valence-electron chi connectivity index (χ4n) is 3.29. The number of aromatic amines is 1. The molecule has 0 radical (unpaired) electrons. The van der Waals surface area contributed by atoms with Crippen molar-refractivity contribution in [3.63, 3.8) is 0 Å². The highest BCUT2D eigenvalue weighted by Crippen LogP contribution is 2.23. The molecular weight excluding hydrogens is 318 g/mol. The number of fused-ring (bicyclic) bond motifs is 1. The van der Waals surface area contributed by atoms with Crippen molar-refractivity contribution in [3.05, 3.63) is 30.5 Å². The highest BCUT2D eigenvalue weighted by atomic mass is 16.2. The van der Waals surface area contributed by atoms with Gasteiger partial charge >= 0.3 is 0 Å². The van der Waals surface area contributed by atoms with Crippen LogP contribution in [0.15, 0.2) is 24.7 Å². The largest absolute Gasteiger partial charge is 0.352 e. The minimum Gasteiger partial charge on any atom is -0.352 e. The van der Waals surface area contributed by atoms with Gasteiger partial charge in [0.2, 0.25) is 5.91 Å². The minimum absolute atomic E-state index is 0.00690. The Bertz CT molecular complexity index is 891. The van der Waals surface area contributed by atoms with Gasteiger partial charge in [0.05, 0.1) is 17.3 Å². The van der Waals surface area contributed by atoms with E-state index in [1.54, 1.807) is 10.9 Å². The molecule has 1 saturated carbocycles. The first-order chi connectivity index (χ1) is 12.2. The number of carbonyl (C=O) groups excluding carboxylic acids is 1. The number of H-pyrrole nitrogens is 1. The smallest absolute Gasteiger partial charge is 0.241 e. The van der Waals surface area contributed by atoms with Crippen LogP contribution in [-0.4, -0.2) is 36.7 Å². The molecule has 0 saturated heterocycles. The molecule has 130 valence electrons. The summed E-state index contributed by atoms with van der Waals surface area (Å²) in [5.74, 6) is 1.41. The molecule has 3 aromatic rings. The van der Waals surface area contributed by atoms with Crippen LogP contribution in [-0.2, 0) is 11.3 Å². The fourth-order valence-corrected chi connectivity index (χ4v) is 3.29. The lowest BCUT2D eigenvalue weighted by atomic mass is 10.2. The molecule has 0 aromatic carbocycles. The third-order valence-corrected chi connectivity index (χ3v) is 4.45. The fraction of sp³-hybridized carbons (Fsp3) is 0.412. The van der Waals surface area contributed by atoms with E-state index in [4.69, 9.17) is 0 Å². The Labute approximate surface area is 145 Å². The standard InChI is InChI=1S/C17H21N7O/c1-11-20-16-14(6-7-18-16)17(21-11)23-13-8-19-24(9-13)10-15(25)22-12-4-2-3-5-12/h6-9,12H,2-5,10H2,1H3,(H,22,25)(H2,18,20,21,23). The molecule has 3 heterocycles. The molecule has 3 aromatic heterocycles. The molecule has 25 heavy (non-hydrogen) atoms. The Morgan fingerprint density at radius 2 is 2.20 bits per heavy atom. The van der Waals surface area contributed by atoms with Gasteiger partial charge < -0.3 is 15.6 Å². The van der Waals surface area contributed by atoms with Gasteiger partial charge in [-0.05, 0) is 25.8 Å². The Hall–Kier alpha value is -2.90. The molecule has 1 aliphatic carbocycles. The molecule has 0 aliphatic heterocycles. The van der Waals surface area contributed by atoms with Gasteiger partial charge in [0.25, 0.3) is 0 Å². The summed E-state index contributed by atoms with van der Waals surface area (Å²) in [5, 5.41) is 11.5. The number of carbonyl (C=O) groups is 1. The minimum atomic E-state index is 0.00690. The van der Waals surface area contributed by atoms with Crippen molar-refractivity contribution in [1.82, 2.24) is 30.0 Å². The number of rotatable bonds is 5. The van der Waals surface area contributed by atoms with E-state index in [9.17, 15) is 4.79 Å². The number of aryl methyl sites for hydroxylation is 1. The molecule has 8 heteroatoms. The summed E-state index contributed by atoms with van der Waals surface area (Å²) in [6.45, 7) is 2.07. The van der Waals surface area contributed by atoms with Gasteiger partial charge in [0, 0.05) is 18.4 Å². The van der Waals surface area contributed by atoms with Crippen molar-refractivity contribution in [1.29, 1.82) is 0 Å². The zero-order valence-electron chi connectivity index (χ0n) is 14.1. The average molecular weight is 339 g/mol. The Kier molecular flexibility index (Phi) is 4.09. The van der Waals surface area contributed by atoms with Crippen molar-refractivity contribution in [3.8, 4) is 0 Å². The van der Waals surface area contributed by atoms with Crippen molar-refractivity contribution in [2.75, 3.05) is 5.32 Å². The van der Waals surface area contributed by atoms with Crippen LogP contribution >= 0.6 is 0 Å². The van der Waals surface area contributed by atoms with E-state index < -0.39 is 0 Å². The van der Waals surface area contributed by atoms with E-state index in [0.717, 1.165) is 35.4 Å². The lowest BCUT2D eigenvalue weighted by molar-refractivity contribution is -0.122. The highest BCUT2D eigenvalue weighted by Gasteiger charge is 2.17. The normalized spacial score (nSPS) is 14.9. The summed E-state index contributed by atoms with van der Waals surface area (Å²) in [6.07, 6.45) is 9.90. The van der Waals surface area contributed by atoms with E-state index in [2.05, 4.69) is 30.7 Å². The van der Waals surface area contributed by atoms with Crippen molar-refractivity contribution < 1.29 is 4.79 Å². The topological polar surface area (TPSA) is 101 Å². The van der Waals surface area contributed by atoms with Crippen LogP contribution in [0.25, 0.3) is 11.0 Å². The second-order valence-electron chi connectivity index (χ2n) is 6.46. The van der Waals surface area contributed by atoms with Gasteiger partial charge in [0.15, 0.2) is 0 Å². The summed E-state index contributed by atoms with van der Waals surface area (Å²) >= 11 is 0. The predicted molar refractivity (Wildman–Crippen MR) is 94.5 cm³/mol. The van der Waals surface area contributed by atoms with E-state index >= 15 is 0 Å². The maximum absolute atomic E-state index is 12.1. The van der Waals surface area contributed by atoms with Gasteiger partial charge in [-0.2, -0.15) is 5.10 Å². The Balaban J connectivity index is 1.44. The monoisotopic (exact) mass is 339 g/mol. The van der Waals surface area contributed by atoms with Crippen LogP contribution in [0, 0.1) is 6.92 Å². The van der Waals surface area contributed by atoms with E-state index in [-0.39, 0.29) is 12.5 Å². The van der Waals surface area contributed by atoms with Gasteiger partial charge in [-0.1, -0.05) is 12.8 Å². The summed E-state index contributed by atoms with van der Waals surface area (Å²) in [5.41, 5.74) is 1.58. The van der Waals surface area contributed by atoms with Crippen molar-refractivity contribution in [2.45, 2.75) is 45.2 Å².